The fourth-order valence-electron chi connectivity index (χ4n) is 3.86. The maximum Gasteiger partial charge on any atom is 0.247 e. The highest BCUT2D eigenvalue weighted by atomic mass is 16.5. The maximum absolute atomic E-state index is 12.1. The highest BCUT2D eigenvalue weighted by Crippen LogP contribution is 2.35. The molecular formula is C27H30N6O3. The van der Waals surface area contributed by atoms with Gasteiger partial charge in [-0.3, -0.25) is 9.48 Å². The van der Waals surface area contributed by atoms with E-state index >= 15 is 0 Å². The minimum atomic E-state index is -0.330. The van der Waals surface area contributed by atoms with Crippen LogP contribution in [0.1, 0.15) is 11.4 Å². The monoisotopic (exact) mass is 486 g/mol. The molecule has 9 nitrogen and oxygen atoms in total. The molecule has 0 spiro atoms. The number of fused-ring (bicyclic) bond motifs is 1. The van der Waals surface area contributed by atoms with Crippen molar-refractivity contribution in [3.63, 3.8) is 0 Å². The van der Waals surface area contributed by atoms with Crippen LogP contribution in [-0.4, -0.2) is 64.9 Å². The summed E-state index contributed by atoms with van der Waals surface area (Å²) in [7, 11) is 7.45. The van der Waals surface area contributed by atoms with Gasteiger partial charge in [-0.25, -0.2) is 9.97 Å². The molecule has 36 heavy (non-hydrogen) atoms. The number of para-hydroxylation sites is 1. The van der Waals surface area contributed by atoms with Crippen molar-refractivity contribution >= 4 is 22.5 Å². The van der Waals surface area contributed by atoms with E-state index < -0.39 is 0 Å². The zero-order chi connectivity index (χ0) is 25.7. The Morgan fingerprint density at radius 1 is 1.19 bits per heavy atom. The van der Waals surface area contributed by atoms with Gasteiger partial charge in [0.1, 0.15) is 29.6 Å². The van der Waals surface area contributed by atoms with Crippen LogP contribution in [0, 0.1) is 0 Å². The Kier molecular flexibility index (Phi) is 7.60. The molecule has 1 N–H and O–H groups in total. The Bertz CT molecular complexity index is 1400. The minimum absolute atomic E-state index is 0.330. The zero-order valence-electron chi connectivity index (χ0n) is 21.0. The van der Waals surface area contributed by atoms with Crippen LogP contribution in [0.15, 0.2) is 61.3 Å². The minimum Gasteiger partial charge on any atom is -0.496 e. The first-order valence-electron chi connectivity index (χ1n) is 11.6. The van der Waals surface area contributed by atoms with Gasteiger partial charge in [0.05, 0.1) is 24.0 Å². The van der Waals surface area contributed by atoms with Crippen molar-refractivity contribution in [3.8, 4) is 22.9 Å². The molecule has 9 heteroatoms. The average Bonchev–Trinajstić information content (AvgIpc) is 3.21. The standard InChI is InChI=1S/C27H30N6O3/c1-6-26(34)30-21-15-18(23(35-5)17-24(21)36-14-13-32(2)3)16-25-28-12-11-20(29-25)27-19-9-7-8-10-22(19)33(4)31-27/h6-12,15,17H,1,13-14,16H2,2-5H3,(H,30,34). The van der Waals surface area contributed by atoms with Crippen molar-refractivity contribution < 1.29 is 14.3 Å². The van der Waals surface area contributed by atoms with Crippen molar-refractivity contribution in [2.75, 3.05) is 39.7 Å². The number of carbonyl (C=O) groups excluding carboxylic acids is 1. The van der Waals surface area contributed by atoms with Gasteiger partial charge in [0.15, 0.2) is 0 Å². The van der Waals surface area contributed by atoms with Crippen LogP contribution in [0.3, 0.4) is 0 Å². The van der Waals surface area contributed by atoms with E-state index in [1.54, 1.807) is 19.4 Å². The summed E-state index contributed by atoms with van der Waals surface area (Å²) in [6.45, 7) is 4.72. The molecular weight excluding hydrogens is 456 g/mol. The highest BCUT2D eigenvalue weighted by Gasteiger charge is 2.17. The Balaban J connectivity index is 1.68. The van der Waals surface area contributed by atoms with Crippen molar-refractivity contribution in [2.45, 2.75) is 6.42 Å². The number of aromatic nitrogens is 4. The highest BCUT2D eigenvalue weighted by molar-refractivity contribution is 6.00. The average molecular weight is 487 g/mol. The third-order valence-electron chi connectivity index (χ3n) is 5.68. The third kappa shape index (κ3) is 5.52. The fraction of sp³-hybridized carbons (Fsp3) is 0.259. The van der Waals surface area contributed by atoms with E-state index in [9.17, 15) is 4.79 Å². The molecule has 0 aliphatic rings. The first-order chi connectivity index (χ1) is 17.4. The molecule has 0 radical (unpaired) electrons. The molecule has 0 saturated carbocycles. The van der Waals surface area contributed by atoms with Gasteiger partial charge in [0.25, 0.3) is 0 Å². The van der Waals surface area contributed by atoms with Crippen molar-refractivity contribution in [1.29, 1.82) is 0 Å². The Morgan fingerprint density at radius 2 is 2.00 bits per heavy atom. The number of carbonyl (C=O) groups is 1. The number of amides is 1. The predicted molar refractivity (Wildman–Crippen MR) is 140 cm³/mol. The molecule has 0 fully saturated rings. The second-order valence-electron chi connectivity index (χ2n) is 8.53. The molecule has 0 aliphatic heterocycles. The van der Waals surface area contributed by atoms with Crippen LogP contribution in [0.25, 0.3) is 22.3 Å². The van der Waals surface area contributed by atoms with Crippen LogP contribution < -0.4 is 14.8 Å². The van der Waals surface area contributed by atoms with Gasteiger partial charge in [0.2, 0.25) is 5.91 Å². The summed E-state index contributed by atoms with van der Waals surface area (Å²) in [5.74, 6) is 1.40. The van der Waals surface area contributed by atoms with Crippen LogP contribution >= 0.6 is 0 Å². The molecule has 0 unspecified atom stereocenters. The molecule has 2 aromatic carbocycles. The Morgan fingerprint density at radius 3 is 2.75 bits per heavy atom. The predicted octanol–water partition coefficient (Wildman–Crippen LogP) is 3.69. The van der Waals surface area contributed by atoms with Gasteiger partial charge < -0.3 is 19.7 Å². The van der Waals surface area contributed by atoms with E-state index in [1.807, 2.05) is 67.1 Å². The maximum atomic E-state index is 12.1. The van der Waals surface area contributed by atoms with E-state index in [4.69, 9.17) is 14.5 Å². The summed E-state index contributed by atoms with van der Waals surface area (Å²) in [4.78, 5) is 23.4. The number of anilines is 1. The largest absolute Gasteiger partial charge is 0.496 e. The molecule has 0 saturated heterocycles. The second-order valence-corrected chi connectivity index (χ2v) is 8.53. The normalized spacial score (nSPS) is 11.0. The molecule has 1 amide bonds. The van der Waals surface area contributed by atoms with E-state index in [2.05, 4.69) is 22.0 Å². The first kappa shape index (κ1) is 24.9. The topological polar surface area (TPSA) is 94.4 Å². The van der Waals surface area contributed by atoms with E-state index in [1.165, 1.54) is 6.08 Å². The number of ether oxygens (including phenoxy) is 2. The van der Waals surface area contributed by atoms with E-state index in [0.717, 1.165) is 34.4 Å². The van der Waals surface area contributed by atoms with Gasteiger partial charge in [-0.15, -0.1) is 0 Å². The van der Waals surface area contributed by atoms with Crippen LogP contribution in [0.2, 0.25) is 0 Å². The number of aryl methyl sites for hydroxylation is 1. The lowest BCUT2D eigenvalue weighted by molar-refractivity contribution is -0.111. The summed E-state index contributed by atoms with van der Waals surface area (Å²) < 4.78 is 13.4. The first-order valence-corrected chi connectivity index (χ1v) is 11.6. The summed E-state index contributed by atoms with van der Waals surface area (Å²) in [6.07, 6.45) is 3.33. The van der Waals surface area contributed by atoms with Gasteiger partial charge in [-0.2, -0.15) is 5.10 Å². The molecule has 0 aliphatic carbocycles. The van der Waals surface area contributed by atoms with Gasteiger partial charge in [-0.05, 0) is 38.4 Å². The van der Waals surface area contributed by atoms with E-state index in [0.29, 0.717) is 36.0 Å². The Labute approximate surface area is 210 Å². The fourth-order valence-corrected chi connectivity index (χ4v) is 3.86. The van der Waals surface area contributed by atoms with Crippen LogP contribution in [-0.2, 0) is 18.3 Å². The van der Waals surface area contributed by atoms with Gasteiger partial charge in [0, 0.05) is 43.2 Å². The Hall–Kier alpha value is -4.24. The van der Waals surface area contributed by atoms with Crippen molar-refractivity contribution in [2.24, 2.45) is 7.05 Å². The summed E-state index contributed by atoms with van der Waals surface area (Å²) in [6, 6.07) is 13.5. The van der Waals surface area contributed by atoms with Crippen LogP contribution in [0.4, 0.5) is 5.69 Å². The molecule has 186 valence electrons. The summed E-state index contributed by atoms with van der Waals surface area (Å²) >= 11 is 0. The molecule has 2 aromatic heterocycles. The lowest BCUT2D eigenvalue weighted by Gasteiger charge is -2.17. The van der Waals surface area contributed by atoms with Crippen molar-refractivity contribution in [1.82, 2.24) is 24.6 Å². The number of benzene rings is 2. The van der Waals surface area contributed by atoms with Gasteiger partial charge >= 0.3 is 0 Å². The number of nitrogens with one attached hydrogen (secondary N) is 1. The van der Waals surface area contributed by atoms with Gasteiger partial charge in [-0.1, -0.05) is 24.8 Å². The molecule has 4 aromatic rings. The van der Waals surface area contributed by atoms with Crippen LogP contribution in [0.5, 0.6) is 11.5 Å². The lowest BCUT2D eigenvalue weighted by Crippen LogP contribution is -2.20. The van der Waals surface area contributed by atoms with E-state index in [-0.39, 0.29) is 5.91 Å². The van der Waals surface area contributed by atoms with Crippen molar-refractivity contribution in [3.05, 3.63) is 72.7 Å². The molecule has 0 bridgehead atoms. The quantitative estimate of drug-likeness (QED) is 0.342. The third-order valence-corrected chi connectivity index (χ3v) is 5.68. The second kappa shape index (κ2) is 11.0. The SMILES string of the molecule is C=CC(=O)Nc1cc(Cc2nccc(-c3nn(C)c4ccccc34)n2)c(OC)cc1OCCN(C)C. The number of likely N-dealkylation sites (N-methyl/N-ethyl adjacent to an activating group) is 1. The molecule has 0 atom stereocenters. The smallest absolute Gasteiger partial charge is 0.247 e. The number of methoxy groups -OCH3 is 1. The number of rotatable bonds is 10. The lowest BCUT2D eigenvalue weighted by atomic mass is 10.1. The number of nitrogens with zero attached hydrogens (tertiary/aromatic N) is 5. The number of hydrogen-bond acceptors (Lipinski definition) is 7. The summed E-state index contributed by atoms with van der Waals surface area (Å²) in [5.41, 5.74) is 3.90. The number of hydrogen-bond donors (Lipinski definition) is 1. The zero-order valence-corrected chi connectivity index (χ0v) is 21.0. The molecule has 4 rings (SSSR count). The summed E-state index contributed by atoms with van der Waals surface area (Å²) in [5, 5.41) is 8.53. The molecule has 2 heterocycles.